The first-order valence-corrected chi connectivity index (χ1v) is 10.8. The molecule has 2 aliphatic rings. The number of nitrogens with zero attached hydrogens (tertiary/aromatic N) is 2. The molecule has 0 radical (unpaired) electrons. The zero-order valence-electron chi connectivity index (χ0n) is 17.9. The number of nitrogens with one attached hydrogen (secondary N) is 1. The predicted octanol–water partition coefficient (Wildman–Crippen LogP) is 2.80. The largest absolute Gasteiger partial charge is 0.497 e. The van der Waals surface area contributed by atoms with Gasteiger partial charge in [0.2, 0.25) is 5.91 Å². The van der Waals surface area contributed by atoms with Crippen LogP contribution in [-0.4, -0.2) is 55.1 Å². The van der Waals surface area contributed by atoms with Crippen LogP contribution in [-0.2, 0) is 24.4 Å². The number of piperazine rings is 1. The lowest BCUT2D eigenvalue weighted by Gasteiger charge is -2.34. The minimum Gasteiger partial charge on any atom is -0.497 e. The number of carbonyl (C=O) groups excluding carboxylic acids is 1. The summed E-state index contributed by atoms with van der Waals surface area (Å²) in [6.07, 6.45) is 0.829. The Morgan fingerprint density at radius 1 is 1.10 bits per heavy atom. The van der Waals surface area contributed by atoms with Gasteiger partial charge in [-0.2, -0.15) is 0 Å². The summed E-state index contributed by atoms with van der Waals surface area (Å²) in [6.45, 7) is 7.78. The van der Waals surface area contributed by atoms with E-state index in [2.05, 4.69) is 52.4 Å². The second-order valence-corrected chi connectivity index (χ2v) is 8.03. The van der Waals surface area contributed by atoms with E-state index in [4.69, 9.17) is 9.47 Å². The maximum Gasteiger partial charge on any atom is 0.237 e. The Morgan fingerprint density at radius 2 is 1.90 bits per heavy atom. The summed E-state index contributed by atoms with van der Waals surface area (Å²) >= 11 is 0. The molecule has 2 aromatic carbocycles. The lowest BCUT2D eigenvalue weighted by atomic mass is 10.1. The van der Waals surface area contributed by atoms with Gasteiger partial charge in [0, 0.05) is 44.8 Å². The van der Waals surface area contributed by atoms with Crippen molar-refractivity contribution < 1.29 is 14.3 Å². The Kier molecular flexibility index (Phi) is 6.55. The molecule has 160 valence electrons. The number of ether oxygens (including phenoxy) is 2. The van der Waals surface area contributed by atoms with Crippen molar-refractivity contribution in [2.45, 2.75) is 39.0 Å². The van der Waals surface area contributed by atoms with E-state index in [1.54, 1.807) is 7.11 Å². The molecule has 0 saturated carbocycles. The zero-order chi connectivity index (χ0) is 20.9. The van der Waals surface area contributed by atoms with Crippen molar-refractivity contribution in [3.05, 3.63) is 59.2 Å². The summed E-state index contributed by atoms with van der Waals surface area (Å²) in [7, 11) is 1.69. The number of fused-ring (bicyclic) bond motifs is 1. The molecule has 0 aromatic heterocycles. The summed E-state index contributed by atoms with van der Waals surface area (Å²) in [5.41, 5.74) is 3.71. The fraction of sp³-hybridized carbons (Fsp3) is 0.458. The van der Waals surface area contributed by atoms with Crippen LogP contribution >= 0.6 is 0 Å². The molecule has 6 heteroatoms. The van der Waals surface area contributed by atoms with Crippen molar-refractivity contribution in [2.75, 3.05) is 33.4 Å². The monoisotopic (exact) mass is 409 g/mol. The van der Waals surface area contributed by atoms with Crippen LogP contribution in [0.15, 0.2) is 42.5 Å². The molecule has 6 nitrogen and oxygen atoms in total. The number of amides is 1. The molecule has 1 fully saturated rings. The third kappa shape index (κ3) is 4.77. The van der Waals surface area contributed by atoms with Gasteiger partial charge in [-0.3, -0.25) is 14.6 Å². The van der Waals surface area contributed by atoms with Crippen molar-refractivity contribution >= 4 is 5.91 Å². The lowest BCUT2D eigenvalue weighted by Crippen LogP contribution is -2.54. The van der Waals surface area contributed by atoms with Crippen LogP contribution in [0.4, 0.5) is 0 Å². The molecule has 2 heterocycles. The van der Waals surface area contributed by atoms with Crippen LogP contribution in [0.2, 0.25) is 0 Å². The molecular formula is C24H31N3O3. The highest BCUT2D eigenvalue weighted by Gasteiger charge is 2.28. The van der Waals surface area contributed by atoms with Gasteiger partial charge in [-0.1, -0.05) is 25.1 Å². The van der Waals surface area contributed by atoms with Gasteiger partial charge in [0.05, 0.1) is 13.2 Å². The normalized spacial score (nSPS) is 20.1. The van der Waals surface area contributed by atoms with Gasteiger partial charge in [0.15, 0.2) is 0 Å². The molecule has 2 aromatic rings. The van der Waals surface area contributed by atoms with E-state index in [1.165, 1.54) is 16.7 Å². The van der Waals surface area contributed by atoms with Crippen molar-refractivity contribution in [3.63, 3.8) is 0 Å². The summed E-state index contributed by atoms with van der Waals surface area (Å²) in [4.78, 5) is 16.9. The van der Waals surface area contributed by atoms with E-state index in [0.717, 1.165) is 57.2 Å². The number of methoxy groups -OCH3 is 1. The van der Waals surface area contributed by atoms with E-state index < -0.39 is 0 Å². The summed E-state index contributed by atoms with van der Waals surface area (Å²) < 4.78 is 11.3. The molecule has 1 atom stereocenters. The quantitative estimate of drug-likeness (QED) is 0.795. The Balaban J connectivity index is 1.46. The van der Waals surface area contributed by atoms with E-state index >= 15 is 0 Å². The van der Waals surface area contributed by atoms with E-state index in [9.17, 15) is 4.79 Å². The lowest BCUT2D eigenvalue weighted by molar-refractivity contribution is -0.129. The van der Waals surface area contributed by atoms with Gasteiger partial charge in [-0.15, -0.1) is 0 Å². The summed E-state index contributed by atoms with van der Waals surface area (Å²) in [5.74, 6) is 2.00. The molecular weight excluding hydrogens is 378 g/mol. The van der Waals surface area contributed by atoms with Gasteiger partial charge in [-0.25, -0.2) is 0 Å². The number of hydrogen-bond donors (Lipinski definition) is 1. The van der Waals surface area contributed by atoms with E-state index in [-0.39, 0.29) is 11.9 Å². The SMILES string of the molecule is CCC1C(=O)NCCN1Cc1ccc2c(c1)CN(Cc1ccc(OC)cc1)CCO2. The molecule has 1 saturated heterocycles. The predicted molar refractivity (Wildman–Crippen MR) is 117 cm³/mol. The molecule has 0 bridgehead atoms. The van der Waals surface area contributed by atoms with Gasteiger partial charge in [0.1, 0.15) is 18.1 Å². The minimum absolute atomic E-state index is 0.0413. The standard InChI is InChI=1S/C24H31N3O3/c1-3-22-24(28)25-10-11-27(22)16-19-6-9-23-20(14-19)17-26(12-13-30-23)15-18-4-7-21(29-2)8-5-18/h4-9,14,22H,3,10-13,15-17H2,1-2H3,(H,25,28). The maximum absolute atomic E-state index is 12.2. The Bertz CT molecular complexity index is 868. The number of rotatable bonds is 6. The second-order valence-electron chi connectivity index (χ2n) is 8.03. The summed E-state index contributed by atoms with van der Waals surface area (Å²) in [6, 6.07) is 14.7. The second kappa shape index (κ2) is 9.49. The molecule has 0 spiro atoms. The molecule has 4 rings (SSSR count). The third-order valence-corrected chi connectivity index (χ3v) is 5.96. The first-order valence-electron chi connectivity index (χ1n) is 10.8. The van der Waals surface area contributed by atoms with Crippen molar-refractivity contribution in [2.24, 2.45) is 0 Å². The average molecular weight is 410 g/mol. The first kappa shape index (κ1) is 20.7. The van der Waals surface area contributed by atoms with Crippen LogP contribution in [0.1, 0.15) is 30.0 Å². The molecule has 1 amide bonds. The van der Waals surface area contributed by atoms with Crippen LogP contribution in [0.5, 0.6) is 11.5 Å². The number of hydrogen-bond acceptors (Lipinski definition) is 5. The third-order valence-electron chi connectivity index (χ3n) is 5.96. The van der Waals surface area contributed by atoms with Crippen molar-refractivity contribution in [1.29, 1.82) is 0 Å². The van der Waals surface area contributed by atoms with Crippen molar-refractivity contribution in [1.82, 2.24) is 15.1 Å². The Hall–Kier alpha value is -2.57. The van der Waals surface area contributed by atoms with Gasteiger partial charge in [-0.05, 0) is 41.8 Å². The highest BCUT2D eigenvalue weighted by Crippen LogP contribution is 2.27. The van der Waals surface area contributed by atoms with E-state index in [1.807, 2.05) is 12.1 Å². The van der Waals surface area contributed by atoms with Gasteiger partial charge in [0.25, 0.3) is 0 Å². The molecule has 1 N–H and O–H groups in total. The molecule has 2 aliphatic heterocycles. The molecule has 0 aliphatic carbocycles. The maximum atomic E-state index is 12.2. The molecule has 30 heavy (non-hydrogen) atoms. The fourth-order valence-electron chi connectivity index (χ4n) is 4.35. The smallest absolute Gasteiger partial charge is 0.237 e. The zero-order valence-corrected chi connectivity index (χ0v) is 17.9. The summed E-state index contributed by atoms with van der Waals surface area (Å²) in [5, 5.41) is 2.98. The van der Waals surface area contributed by atoms with E-state index in [0.29, 0.717) is 6.61 Å². The number of carbonyl (C=O) groups is 1. The molecule has 1 unspecified atom stereocenters. The Morgan fingerprint density at radius 3 is 2.67 bits per heavy atom. The van der Waals surface area contributed by atoms with Crippen LogP contribution in [0, 0.1) is 0 Å². The number of benzene rings is 2. The highest BCUT2D eigenvalue weighted by atomic mass is 16.5. The Labute approximate surface area is 178 Å². The first-order chi connectivity index (χ1) is 14.7. The topological polar surface area (TPSA) is 54.0 Å². The van der Waals surface area contributed by atoms with Gasteiger partial charge >= 0.3 is 0 Å². The van der Waals surface area contributed by atoms with Crippen LogP contribution in [0.3, 0.4) is 0 Å². The van der Waals surface area contributed by atoms with Gasteiger partial charge < -0.3 is 14.8 Å². The minimum atomic E-state index is -0.0413. The highest BCUT2D eigenvalue weighted by molar-refractivity contribution is 5.82. The van der Waals surface area contributed by atoms with Crippen molar-refractivity contribution in [3.8, 4) is 11.5 Å². The fourth-order valence-corrected chi connectivity index (χ4v) is 4.35. The van der Waals surface area contributed by atoms with Crippen LogP contribution in [0.25, 0.3) is 0 Å². The average Bonchev–Trinajstić information content (AvgIpc) is 2.96. The van der Waals surface area contributed by atoms with Crippen LogP contribution < -0.4 is 14.8 Å².